The molecular weight excluding hydrogens is 415 g/mol. The third-order valence-electron chi connectivity index (χ3n) is 4.38. The molecule has 2 atom stereocenters. The van der Waals surface area contributed by atoms with E-state index in [1.54, 1.807) is 64.1 Å². The molecule has 2 aromatic rings. The van der Waals surface area contributed by atoms with Gasteiger partial charge in [0.15, 0.2) is 0 Å². The Morgan fingerprint density at radius 1 is 1.03 bits per heavy atom. The van der Waals surface area contributed by atoms with Gasteiger partial charge < -0.3 is 14.8 Å². The number of ether oxygens (including phenoxy) is 2. The maximum atomic E-state index is 13.0. The third kappa shape index (κ3) is 5.61. The lowest BCUT2D eigenvalue weighted by Crippen LogP contribution is -2.49. The second kappa shape index (κ2) is 9.01. The largest absolute Gasteiger partial charge is 0.468 e. The highest BCUT2D eigenvalue weighted by molar-refractivity contribution is 6.30. The summed E-state index contributed by atoms with van der Waals surface area (Å²) in [5, 5.41) is 3.61. The zero-order valence-electron chi connectivity index (χ0n) is 17.0. The van der Waals surface area contributed by atoms with Crippen LogP contribution in [0.4, 0.5) is 4.79 Å². The maximum Gasteiger partial charge on any atom is 0.408 e. The molecule has 1 aromatic heterocycles. The van der Waals surface area contributed by atoms with Crippen LogP contribution in [0.5, 0.6) is 0 Å². The molecular formula is C21H24Cl2N2O4. The normalized spacial score (nSPS) is 14.4. The van der Waals surface area contributed by atoms with Gasteiger partial charge in [0.05, 0.1) is 13.2 Å². The van der Waals surface area contributed by atoms with Gasteiger partial charge in [-0.25, -0.2) is 9.78 Å². The number of hydrogen-bond donors (Lipinski definition) is 1. The van der Waals surface area contributed by atoms with Crippen LogP contribution < -0.4 is 5.32 Å². The lowest BCUT2D eigenvalue weighted by molar-refractivity contribution is -0.148. The molecule has 0 radical (unpaired) electrons. The molecule has 1 amide bonds. The molecule has 29 heavy (non-hydrogen) atoms. The Hall–Kier alpha value is -2.31. The molecule has 0 bridgehead atoms. The van der Waals surface area contributed by atoms with E-state index in [1.165, 1.54) is 13.3 Å². The number of halogens is 2. The first kappa shape index (κ1) is 23.0. The monoisotopic (exact) mass is 438 g/mol. The van der Waals surface area contributed by atoms with Crippen molar-refractivity contribution in [2.24, 2.45) is 0 Å². The van der Waals surface area contributed by atoms with Gasteiger partial charge >= 0.3 is 12.1 Å². The molecule has 2 rings (SSSR count). The maximum absolute atomic E-state index is 13.0. The molecule has 156 valence electrons. The van der Waals surface area contributed by atoms with Crippen molar-refractivity contribution < 1.29 is 19.1 Å². The highest BCUT2D eigenvalue weighted by Crippen LogP contribution is 2.39. The van der Waals surface area contributed by atoms with Crippen LogP contribution in [0.25, 0.3) is 0 Å². The molecule has 0 aliphatic rings. The van der Waals surface area contributed by atoms with Crippen LogP contribution in [0.3, 0.4) is 0 Å². The molecule has 0 aliphatic carbocycles. The zero-order valence-corrected chi connectivity index (χ0v) is 18.5. The van der Waals surface area contributed by atoms with Crippen molar-refractivity contribution in [1.29, 1.82) is 0 Å². The average Bonchev–Trinajstić information content (AvgIpc) is 2.65. The van der Waals surface area contributed by atoms with Gasteiger partial charge in [0, 0.05) is 11.2 Å². The molecule has 0 saturated carbocycles. The molecule has 6 nitrogen and oxygen atoms in total. The van der Waals surface area contributed by atoms with Crippen LogP contribution in [0.15, 0.2) is 42.6 Å². The van der Waals surface area contributed by atoms with Crippen LogP contribution in [0.1, 0.15) is 44.9 Å². The van der Waals surface area contributed by atoms with Crippen LogP contribution in [0, 0.1) is 0 Å². The minimum atomic E-state index is -1.30. The fourth-order valence-electron chi connectivity index (χ4n) is 2.95. The average molecular weight is 439 g/mol. The number of benzene rings is 1. The molecule has 0 aliphatic heterocycles. The number of rotatable bonds is 5. The second-order valence-corrected chi connectivity index (χ2v) is 8.52. The van der Waals surface area contributed by atoms with E-state index in [4.69, 9.17) is 32.7 Å². The van der Waals surface area contributed by atoms with Crippen LogP contribution >= 0.6 is 23.2 Å². The van der Waals surface area contributed by atoms with Crippen LogP contribution in [-0.2, 0) is 19.7 Å². The summed E-state index contributed by atoms with van der Waals surface area (Å²) in [4.78, 5) is 29.7. The Labute approximate surface area is 180 Å². The van der Waals surface area contributed by atoms with Gasteiger partial charge in [-0.3, -0.25) is 4.79 Å². The van der Waals surface area contributed by atoms with Crippen molar-refractivity contribution in [3.8, 4) is 0 Å². The van der Waals surface area contributed by atoms with E-state index in [0.717, 1.165) is 0 Å². The molecule has 0 saturated heterocycles. The fourth-order valence-corrected chi connectivity index (χ4v) is 3.19. The molecule has 1 aromatic carbocycles. The summed E-state index contributed by atoms with van der Waals surface area (Å²) in [5.74, 6) is -0.546. The second-order valence-electron chi connectivity index (χ2n) is 7.69. The van der Waals surface area contributed by atoms with Crippen molar-refractivity contribution in [3.05, 3.63) is 63.9 Å². The summed E-state index contributed by atoms with van der Waals surface area (Å²) in [5.41, 5.74) is -0.853. The molecule has 1 heterocycles. The molecule has 0 fully saturated rings. The number of methoxy groups -OCH3 is 1. The zero-order chi connectivity index (χ0) is 21.8. The van der Waals surface area contributed by atoms with E-state index in [1.807, 2.05) is 0 Å². The van der Waals surface area contributed by atoms with E-state index < -0.39 is 29.1 Å². The number of nitrogens with one attached hydrogen (secondary N) is 1. The number of alkyl carbamates (subject to hydrolysis) is 1. The van der Waals surface area contributed by atoms with Gasteiger partial charge in [0.25, 0.3) is 0 Å². The lowest BCUT2D eigenvalue weighted by atomic mass is 9.73. The van der Waals surface area contributed by atoms with Gasteiger partial charge in [0.1, 0.15) is 16.2 Å². The van der Waals surface area contributed by atoms with Gasteiger partial charge in [-0.15, -0.1) is 0 Å². The number of nitrogens with zero attached hydrogens (tertiary/aromatic N) is 1. The predicted octanol–water partition coefficient (Wildman–Crippen LogP) is 5.09. The Bertz CT molecular complexity index is 864. The minimum absolute atomic E-state index is 0.288. The summed E-state index contributed by atoms with van der Waals surface area (Å²) >= 11 is 11.9. The number of carbonyl (C=O) groups is 2. The van der Waals surface area contributed by atoms with E-state index in [0.29, 0.717) is 16.1 Å². The predicted molar refractivity (Wildman–Crippen MR) is 112 cm³/mol. The number of pyridine rings is 1. The van der Waals surface area contributed by atoms with Crippen molar-refractivity contribution in [2.75, 3.05) is 7.11 Å². The highest BCUT2D eigenvalue weighted by atomic mass is 35.5. The highest BCUT2D eigenvalue weighted by Gasteiger charge is 2.46. The standard InChI is InChI=1S/C21H24Cl2N2O4/c1-20(2,3)29-19(27)25-17(13-6-11-16(23)24-12-13)21(4,18(26)28-5)14-7-9-15(22)10-8-14/h6-12,17H,1-5H3,(H,25,27)/t17-,21+/m1/s1. The van der Waals surface area contributed by atoms with Gasteiger partial charge in [-0.1, -0.05) is 41.4 Å². The van der Waals surface area contributed by atoms with Crippen LogP contribution in [0.2, 0.25) is 10.2 Å². The third-order valence-corrected chi connectivity index (χ3v) is 4.85. The first-order valence-corrected chi connectivity index (χ1v) is 9.68. The van der Waals surface area contributed by atoms with Crippen molar-refractivity contribution in [1.82, 2.24) is 10.3 Å². The van der Waals surface area contributed by atoms with E-state index in [2.05, 4.69) is 10.3 Å². The summed E-state index contributed by atoms with van der Waals surface area (Å²) in [6.45, 7) is 6.94. The number of amides is 1. The Morgan fingerprint density at radius 2 is 1.66 bits per heavy atom. The Balaban J connectivity index is 2.60. The number of esters is 1. The number of aromatic nitrogens is 1. The van der Waals surface area contributed by atoms with E-state index in [-0.39, 0.29) is 5.15 Å². The first-order chi connectivity index (χ1) is 13.5. The summed E-state index contributed by atoms with van der Waals surface area (Å²) in [6, 6.07) is 9.19. The summed E-state index contributed by atoms with van der Waals surface area (Å²) in [7, 11) is 1.29. The molecule has 0 unspecified atom stereocenters. The molecule has 8 heteroatoms. The summed E-state index contributed by atoms with van der Waals surface area (Å²) < 4.78 is 10.5. The Morgan fingerprint density at radius 3 is 2.14 bits per heavy atom. The molecule has 1 N–H and O–H groups in total. The molecule has 0 spiro atoms. The van der Waals surface area contributed by atoms with Gasteiger partial charge in [0.2, 0.25) is 0 Å². The lowest BCUT2D eigenvalue weighted by Gasteiger charge is -2.36. The van der Waals surface area contributed by atoms with Crippen molar-refractivity contribution >= 4 is 35.3 Å². The fraction of sp³-hybridized carbons (Fsp3) is 0.381. The van der Waals surface area contributed by atoms with Gasteiger partial charge in [-0.2, -0.15) is 0 Å². The van der Waals surface area contributed by atoms with E-state index >= 15 is 0 Å². The van der Waals surface area contributed by atoms with Crippen molar-refractivity contribution in [3.63, 3.8) is 0 Å². The first-order valence-electron chi connectivity index (χ1n) is 8.93. The summed E-state index contributed by atoms with van der Waals surface area (Å²) in [6.07, 6.45) is 0.822. The minimum Gasteiger partial charge on any atom is -0.468 e. The van der Waals surface area contributed by atoms with Gasteiger partial charge in [-0.05, 0) is 57.0 Å². The smallest absolute Gasteiger partial charge is 0.408 e. The topological polar surface area (TPSA) is 77.5 Å². The SMILES string of the molecule is COC(=O)[C@@](C)(c1ccc(Cl)cc1)[C@H](NC(=O)OC(C)(C)C)c1ccc(Cl)nc1. The number of carbonyl (C=O) groups excluding carboxylic acids is 2. The Kier molecular flexibility index (Phi) is 7.14. The quantitative estimate of drug-likeness (QED) is 0.519. The van der Waals surface area contributed by atoms with Crippen LogP contribution in [-0.4, -0.2) is 29.8 Å². The van der Waals surface area contributed by atoms with Crippen molar-refractivity contribution in [2.45, 2.75) is 44.8 Å². The van der Waals surface area contributed by atoms with E-state index in [9.17, 15) is 9.59 Å². The number of hydrogen-bond acceptors (Lipinski definition) is 5.